The van der Waals surface area contributed by atoms with E-state index in [1.165, 1.54) is 30.1 Å². The van der Waals surface area contributed by atoms with Crippen molar-refractivity contribution in [1.29, 1.82) is 0 Å². The molecule has 0 aliphatic rings. The molecule has 10 heteroatoms. The fourth-order valence-electron chi connectivity index (χ4n) is 3.54. The Morgan fingerprint density at radius 2 is 1.74 bits per heavy atom. The van der Waals surface area contributed by atoms with Crippen LogP contribution in [0, 0.1) is 13.8 Å². The van der Waals surface area contributed by atoms with Crippen molar-refractivity contribution >= 4 is 50.7 Å². The molecule has 2 heterocycles. The molecule has 9 nitrogen and oxygen atoms in total. The molecule has 0 spiro atoms. The van der Waals surface area contributed by atoms with Crippen LogP contribution in [-0.4, -0.2) is 34.4 Å². The minimum atomic E-state index is -0.480. The quantitative estimate of drug-likeness (QED) is 0.397. The first kappa shape index (κ1) is 23.8. The Kier molecular flexibility index (Phi) is 6.74. The molecule has 0 saturated carbocycles. The number of rotatable bonds is 6. The highest BCUT2D eigenvalue weighted by Gasteiger charge is 2.20. The van der Waals surface area contributed by atoms with Gasteiger partial charge in [-0.05, 0) is 55.3 Å². The third-order valence-electron chi connectivity index (χ3n) is 5.42. The summed E-state index contributed by atoms with van der Waals surface area (Å²) in [6, 6.07) is 13.6. The number of carbonyl (C=O) groups is 3. The molecule has 178 valence electrons. The molecule has 0 aliphatic carbocycles. The van der Waals surface area contributed by atoms with Gasteiger partial charge in [0.05, 0.1) is 29.3 Å². The molecule has 2 N–H and O–H groups in total. The first-order chi connectivity index (χ1) is 16.8. The predicted octanol–water partition coefficient (Wildman–Crippen LogP) is 3.75. The summed E-state index contributed by atoms with van der Waals surface area (Å²) in [6.45, 7) is 3.33. The second-order valence-electron chi connectivity index (χ2n) is 7.80. The van der Waals surface area contributed by atoms with E-state index in [0.29, 0.717) is 37.6 Å². The van der Waals surface area contributed by atoms with Crippen LogP contribution in [0.1, 0.15) is 31.2 Å². The standard InChI is InChI=1S/C25H22N4O5S/c1-14-6-4-5-7-18(14)28-22(31)21-15(2)20-23(35-21)26-13-29(24(20)32)12-19(30)27-17-10-8-16(9-11-17)25(33)34-3/h4-11,13H,12H2,1-3H3,(H,27,30)(H,28,31). The number of aromatic nitrogens is 2. The van der Waals surface area contributed by atoms with E-state index in [9.17, 15) is 19.2 Å². The summed E-state index contributed by atoms with van der Waals surface area (Å²) in [4.78, 5) is 55.2. The number of esters is 1. The molecule has 0 atom stereocenters. The predicted molar refractivity (Wildman–Crippen MR) is 134 cm³/mol. The van der Waals surface area contributed by atoms with Crippen LogP contribution in [0.2, 0.25) is 0 Å². The molecule has 0 bridgehead atoms. The summed E-state index contributed by atoms with van der Waals surface area (Å²) in [7, 11) is 1.29. The number of thiophene rings is 1. The molecule has 0 fully saturated rings. The summed E-state index contributed by atoms with van der Waals surface area (Å²) in [5.74, 6) is -1.24. The fraction of sp³-hybridized carbons (Fsp3) is 0.160. The van der Waals surface area contributed by atoms with Gasteiger partial charge in [0.15, 0.2) is 0 Å². The average molecular weight is 491 g/mol. The zero-order valence-corrected chi connectivity index (χ0v) is 20.1. The maximum Gasteiger partial charge on any atom is 0.337 e. The van der Waals surface area contributed by atoms with Crippen LogP contribution in [0.25, 0.3) is 10.2 Å². The number of hydrogen-bond acceptors (Lipinski definition) is 7. The van der Waals surface area contributed by atoms with Crippen molar-refractivity contribution in [3.63, 3.8) is 0 Å². The lowest BCUT2D eigenvalue weighted by atomic mass is 10.2. The van der Waals surface area contributed by atoms with E-state index in [-0.39, 0.29) is 12.5 Å². The minimum absolute atomic E-state index is 0.263. The Hall–Kier alpha value is -4.31. The molecule has 0 aliphatic heterocycles. The highest BCUT2D eigenvalue weighted by atomic mass is 32.1. The SMILES string of the molecule is COC(=O)c1ccc(NC(=O)Cn2cnc3sc(C(=O)Nc4ccccc4C)c(C)c3c2=O)cc1. The number of nitrogens with zero attached hydrogens (tertiary/aromatic N) is 2. The van der Waals surface area contributed by atoms with Gasteiger partial charge in [-0.2, -0.15) is 0 Å². The molecular weight excluding hydrogens is 468 g/mol. The Bertz CT molecular complexity index is 1500. The maximum absolute atomic E-state index is 13.1. The second-order valence-corrected chi connectivity index (χ2v) is 8.80. The molecular formula is C25H22N4O5S. The number of fused-ring (bicyclic) bond motifs is 1. The first-order valence-corrected chi connectivity index (χ1v) is 11.4. The third-order valence-corrected chi connectivity index (χ3v) is 6.62. The summed E-state index contributed by atoms with van der Waals surface area (Å²) in [5, 5.41) is 5.87. The Morgan fingerprint density at radius 1 is 1.03 bits per heavy atom. The van der Waals surface area contributed by atoms with Gasteiger partial charge in [0.25, 0.3) is 11.5 Å². The van der Waals surface area contributed by atoms with Crippen molar-refractivity contribution < 1.29 is 19.1 Å². The van der Waals surface area contributed by atoms with Crippen LogP contribution in [0.4, 0.5) is 11.4 Å². The van der Waals surface area contributed by atoms with Crippen molar-refractivity contribution in [2.45, 2.75) is 20.4 Å². The van der Waals surface area contributed by atoms with Crippen LogP contribution in [0.3, 0.4) is 0 Å². The first-order valence-electron chi connectivity index (χ1n) is 10.6. The number of para-hydroxylation sites is 1. The van der Waals surface area contributed by atoms with Crippen molar-refractivity contribution in [3.8, 4) is 0 Å². The molecule has 0 unspecified atom stereocenters. The van der Waals surface area contributed by atoms with Crippen molar-refractivity contribution in [3.05, 3.63) is 86.8 Å². The van der Waals surface area contributed by atoms with Gasteiger partial charge < -0.3 is 15.4 Å². The van der Waals surface area contributed by atoms with Gasteiger partial charge in [-0.3, -0.25) is 19.0 Å². The van der Waals surface area contributed by atoms with Gasteiger partial charge in [-0.15, -0.1) is 11.3 Å². The number of hydrogen-bond donors (Lipinski definition) is 2. The second kappa shape index (κ2) is 9.90. The van der Waals surface area contributed by atoms with E-state index in [0.717, 1.165) is 16.9 Å². The van der Waals surface area contributed by atoms with Gasteiger partial charge in [0.2, 0.25) is 5.91 Å². The number of carbonyl (C=O) groups excluding carboxylic acids is 3. The van der Waals surface area contributed by atoms with E-state index in [1.807, 2.05) is 31.2 Å². The number of nitrogens with one attached hydrogen (secondary N) is 2. The van der Waals surface area contributed by atoms with Crippen molar-refractivity contribution in [2.75, 3.05) is 17.7 Å². The smallest absolute Gasteiger partial charge is 0.337 e. The molecule has 35 heavy (non-hydrogen) atoms. The molecule has 2 aromatic carbocycles. The summed E-state index contributed by atoms with van der Waals surface area (Å²) >= 11 is 1.13. The average Bonchev–Trinajstić information content (AvgIpc) is 3.19. The van der Waals surface area contributed by atoms with E-state index >= 15 is 0 Å². The summed E-state index contributed by atoms with van der Waals surface area (Å²) in [6.07, 6.45) is 1.30. The molecule has 2 amide bonds. The normalized spacial score (nSPS) is 10.7. The topological polar surface area (TPSA) is 119 Å². The Morgan fingerprint density at radius 3 is 2.43 bits per heavy atom. The highest BCUT2D eigenvalue weighted by Crippen LogP contribution is 2.28. The monoisotopic (exact) mass is 490 g/mol. The Labute approximate surface area is 204 Å². The van der Waals surface area contributed by atoms with Gasteiger partial charge in [0.1, 0.15) is 11.4 Å². The molecule has 4 aromatic rings. The van der Waals surface area contributed by atoms with E-state index in [4.69, 9.17) is 0 Å². The lowest BCUT2D eigenvalue weighted by Crippen LogP contribution is -2.28. The zero-order chi connectivity index (χ0) is 25.1. The number of anilines is 2. The summed E-state index contributed by atoms with van der Waals surface area (Å²) in [5.41, 5.74) is 2.54. The highest BCUT2D eigenvalue weighted by molar-refractivity contribution is 7.20. The van der Waals surface area contributed by atoms with E-state index in [2.05, 4.69) is 20.4 Å². The number of methoxy groups -OCH3 is 1. The van der Waals surface area contributed by atoms with Crippen LogP contribution < -0.4 is 16.2 Å². The largest absolute Gasteiger partial charge is 0.465 e. The van der Waals surface area contributed by atoms with E-state index in [1.54, 1.807) is 19.1 Å². The molecule has 0 saturated heterocycles. The molecule has 2 aromatic heterocycles. The number of benzene rings is 2. The van der Waals surface area contributed by atoms with Crippen LogP contribution in [-0.2, 0) is 16.1 Å². The van der Waals surface area contributed by atoms with Gasteiger partial charge in [0, 0.05) is 11.4 Å². The number of amides is 2. The van der Waals surface area contributed by atoms with Crippen LogP contribution >= 0.6 is 11.3 Å². The lowest BCUT2D eigenvalue weighted by Gasteiger charge is -2.08. The van der Waals surface area contributed by atoms with Gasteiger partial charge in [-0.25, -0.2) is 9.78 Å². The summed E-state index contributed by atoms with van der Waals surface area (Å²) < 4.78 is 5.85. The minimum Gasteiger partial charge on any atom is -0.465 e. The number of ether oxygens (including phenoxy) is 1. The maximum atomic E-state index is 13.1. The van der Waals surface area contributed by atoms with E-state index < -0.39 is 17.4 Å². The fourth-order valence-corrected chi connectivity index (χ4v) is 4.58. The zero-order valence-electron chi connectivity index (χ0n) is 19.2. The lowest BCUT2D eigenvalue weighted by molar-refractivity contribution is -0.116. The van der Waals surface area contributed by atoms with Gasteiger partial charge >= 0.3 is 5.97 Å². The molecule has 0 radical (unpaired) electrons. The van der Waals surface area contributed by atoms with Gasteiger partial charge in [-0.1, -0.05) is 18.2 Å². The van der Waals surface area contributed by atoms with Crippen molar-refractivity contribution in [2.24, 2.45) is 0 Å². The third kappa shape index (κ3) is 4.97. The van der Waals surface area contributed by atoms with Crippen LogP contribution in [0.15, 0.2) is 59.7 Å². The molecule has 4 rings (SSSR count). The Balaban J connectivity index is 1.53. The number of aryl methyl sites for hydroxylation is 2. The van der Waals surface area contributed by atoms with Crippen LogP contribution in [0.5, 0.6) is 0 Å². The van der Waals surface area contributed by atoms with Crippen molar-refractivity contribution in [1.82, 2.24) is 9.55 Å².